The summed E-state index contributed by atoms with van der Waals surface area (Å²) in [5, 5.41) is 4.75. The predicted octanol–water partition coefficient (Wildman–Crippen LogP) is 6.82. The molecule has 0 saturated heterocycles. The van der Waals surface area contributed by atoms with Gasteiger partial charge in [-0.15, -0.1) is 0 Å². The Morgan fingerprint density at radius 2 is 1.69 bits per heavy atom. The van der Waals surface area contributed by atoms with E-state index in [1.54, 1.807) is 6.07 Å². The number of hydrogen-bond acceptors (Lipinski definition) is 3. The summed E-state index contributed by atoms with van der Waals surface area (Å²) in [6.07, 6.45) is 0. The number of ether oxygens (including phenoxy) is 2. The Kier molecular flexibility index (Phi) is 7.82. The minimum absolute atomic E-state index is 0.213. The van der Waals surface area contributed by atoms with Crippen LogP contribution in [0.25, 0.3) is 0 Å². The average molecular weight is 430 g/mol. The largest absolute Gasteiger partial charge is 0.490 e. The van der Waals surface area contributed by atoms with E-state index >= 15 is 0 Å². The number of rotatable bonds is 9. The van der Waals surface area contributed by atoms with Crippen LogP contribution in [-0.2, 0) is 13.2 Å². The van der Waals surface area contributed by atoms with E-state index in [0.29, 0.717) is 29.8 Å². The molecule has 3 nitrogen and oxygen atoms in total. The van der Waals surface area contributed by atoms with Crippen molar-refractivity contribution in [3.8, 4) is 11.5 Å². The van der Waals surface area contributed by atoms with Gasteiger partial charge in [-0.25, -0.2) is 0 Å². The van der Waals surface area contributed by atoms with E-state index in [9.17, 15) is 0 Å². The molecule has 1 N–H and O–H groups in total. The van der Waals surface area contributed by atoms with Gasteiger partial charge in [0.05, 0.1) is 6.61 Å². The molecule has 3 aromatic rings. The molecule has 0 aliphatic carbocycles. The average Bonchev–Trinajstić information content (AvgIpc) is 2.73. The minimum Gasteiger partial charge on any atom is -0.490 e. The van der Waals surface area contributed by atoms with Crippen LogP contribution in [-0.4, -0.2) is 6.61 Å². The molecule has 0 spiro atoms. The van der Waals surface area contributed by atoms with Crippen LogP contribution in [0.4, 0.5) is 0 Å². The molecular formula is C24H25Cl2NO2. The minimum atomic E-state index is 0.213. The molecule has 3 rings (SSSR count). The highest BCUT2D eigenvalue weighted by Gasteiger charge is 2.14. The van der Waals surface area contributed by atoms with Gasteiger partial charge in [0.2, 0.25) is 0 Å². The summed E-state index contributed by atoms with van der Waals surface area (Å²) in [5.74, 6) is 1.46. The van der Waals surface area contributed by atoms with Gasteiger partial charge in [0, 0.05) is 33.8 Å². The molecule has 1 unspecified atom stereocenters. The zero-order valence-corrected chi connectivity index (χ0v) is 18.1. The van der Waals surface area contributed by atoms with E-state index in [4.69, 9.17) is 32.7 Å². The molecular weight excluding hydrogens is 405 g/mol. The van der Waals surface area contributed by atoms with Gasteiger partial charge in [0.25, 0.3) is 0 Å². The third-order valence-electron chi connectivity index (χ3n) is 4.65. The zero-order valence-electron chi connectivity index (χ0n) is 16.6. The van der Waals surface area contributed by atoms with Crippen LogP contribution in [0.3, 0.4) is 0 Å². The zero-order chi connectivity index (χ0) is 20.6. The molecule has 5 heteroatoms. The molecule has 0 aliphatic rings. The van der Waals surface area contributed by atoms with Gasteiger partial charge >= 0.3 is 0 Å². The highest BCUT2D eigenvalue weighted by Crippen LogP contribution is 2.33. The van der Waals surface area contributed by atoms with Crippen molar-refractivity contribution in [1.82, 2.24) is 5.32 Å². The van der Waals surface area contributed by atoms with Gasteiger partial charge in [0.15, 0.2) is 11.5 Å². The van der Waals surface area contributed by atoms with Crippen LogP contribution in [0.5, 0.6) is 11.5 Å². The molecule has 0 heterocycles. The van der Waals surface area contributed by atoms with Crippen LogP contribution >= 0.6 is 23.2 Å². The van der Waals surface area contributed by atoms with Crippen LogP contribution in [0.2, 0.25) is 10.0 Å². The van der Waals surface area contributed by atoms with Crippen LogP contribution in [0.1, 0.15) is 36.6 Å². The molecule has 0 bridgehead atoms. The van der Waals surface area contributed by atoms with Gasteiger partial charge in [-0.3, -0.25) is 0 Å². The SMILES string of the molecule is CCOc1cccc(CNC(C)c2ccccc2)c1OCc1ccc(Cl)cc1Cl. The van der Waals surface area contributed by atoms with Crippen molar-refractivity contribution in [3.63, 3.8) is 0 Å². The van der Waals surface area contributed by atoms with Crippen molar-refractivity contribution >= 4 is 23.2 Å². The maximum absolute atomic E-state index is 6.30. The Hall–Kier alpha value is -2.20. The summed E-state index contributed by atoms with van der Waals surface area (Å²) in [6.45, 7) is 5.66. The first-order valence-electron chi connectivity index (χ1n) is 9.68. The Labute approximate surface area is 182 Å². The summed E-state index contributed by atoms with van der Waals surface area (Å²) in [5.41, 5.74) is 3.15. The molecule has 0 radical (unpaired) electrons. The lowest BCUT2D eigenvalue weighted by Crippen LogP contribution is -2.18. The molecule has 0 amide bonds. The second-order valence-electron chi connectivity index (χ2n) is 6.72. The first-order valence-corrected chi connectivity index (χ1v) is 10.4. The third kappa shape index (κ3) is 5.89. The summed E-state index contributed by atoms with van der Waals surface area (Å²) >= 11 is 12.3. The lowest BCUT2D eigenvalue weighted by Gasteiger charge is -2.19. The fraction of sp³-hybridized carbons (Fsp3) is 0.250. The monoisotopic (exact) mass is 429 g/mol. The molecule has 0 aliphatic heterocycles. The van der Waals surface area contributed by atoms with E-state index in [2.05, 4.69) is 24.4 Å². The van der Waals surface area contributed by atoms with Gasteiger partial charge in [0.1, 0.15) is 6.61 Å². The third-order valence-corrected chi connectivity index (χ3v) is 5.23. The fourth-order valence-corrected chi connectivity index (χ4v) is 3.51. The molecule has 0 fully saturated rings. The molecule has 1 atom stereocenters. The van der Waals surface area contributed by atoms with Crippen LogP contribution in [0, 0.1) is 0 Å². The quantitative estimate of drug-likeness (QED) is 0.404. The fourth-order valence-electron chi connectivity index (χ4n) is 3.04. The molecule has 152 valence electrons. The van der Waals surface area contributed by atoms with Gasteiger partial charge in [-0.1, -0.05) is 71.7 Å². The maximum Gasteiger partial charge on any atom is 0.166 e. The van der Waals surface area contributed by atoms with E-state index < -0.39 is 0 Å². The number of para-hydroxylation sites is 1. The first kappa shape index (κ1) is 21.5. The smallest absolute Gasteiger partial charge is 0.166 e. The molecule has 3 aromatic carbocycles. The van der Waals surface area contributed by atoms with E-state index in [0.717, 1.165) is 22.6 Å². The Morgan fingerprint density at radius 1 is 0.897 bits per heavy atom. The number of halogens is 2. The standard InChI is InChI=1S/C24H25Cl2NO2/c1-3-28-23-11-7-10-19(15-27-17(2)18-8-5-4-6-9-18)24(23)29-16-20-12-13-21(25)14-22(20)26/h4-14,17,27H,3,15-16H2,1-2H3. The second-order valence-corrected chi connectivity index (χ2v) is 7.56. The van der Waals surface area contributed by atoms with Crippen molar-refractivity contribution < 1.29 is 9.47 Å². The lowest BCUT2D eigenvalue weighted by molar-refractivity contribution is 0.266. The van der Waals surface area contributed by atoms with Crippen molar-refractivity contribution in [1.29, 1.82) is 0 Å². The van der Waals surface area contributed by atoms with Gasteiger partial charge in [-0.2, -0.15) is 0 Å². The molecule has 0 saturated carbocycles. The highest BCUT2D eigenvalue weighted by molar-refractivity contribution is 6.35. The van der Waals surface area contributed by atoms with Gasteiger partial charge in [-0.05, 0) is 37.6 Å². The van der Waals surface area contributed by atoms with E-state index in [1.807, 2.05) is 55.5 Å². The maximum atomic E-state index is 6.30. The molecule has 0 aromatic heterocycles. The summed E-state index contributed by atoms with van der Waals surface area (Å²) < 4.78 is 12.0. The normalized spacial score (nSPS) is 11.9. The van der Waals surface area contributed by atoms with Crippen molar-refractivity contribution in [3.05, 3.63) is 93.5 Å². The van der Waals surface area contributed by atoms with E-state index in [1.165, 1.54) is 5.56 Å². The predicted molar refractivity (Wildman–Crippen MR) is 120 cm³/mol. The summed E-state index contributed by atoms with van der Waals surface area (Å²) in [4.78, 5) is 0. The number of nitrogens with one attached hydrogen (secondary N) is 1. The van der Waals surface area contributed by atoms with Crippen LogP contribution < -0.4 is 14.8 Å². The van der Waals surface area contributed by atoms with Crippen molar-refractivity contribution in [2.24, 2.45) is 0 Å². The Balaban J connectivity index is 1.77. The topological polar surface area (TPSA) is 30.5 Å². The number of hydrogen-bond donors (Lipinski definition) is 1. The van der Waals surface area contributed by atoms with Crippen molar-refractivity contribution in [2.75, 3.05) is 6.61 Å². The second kappa shape index (κ2) is 10.5. The summed E-state index contributed by atoms with van der Waals surface area (Å²) in [7, 11) is 0. The van der Waals surface area contributed by atoms with Gasteiger partial charge < -0.3 is 14.8 Å². The number of benzene rings is 3. The highest BCUT2D eigenvalue weighted by atomic mass is 35.5. The first-order chi connectivity index (χ1) is 14.1. The summed E-state index contributed by atoms with van der Waals surface area (Å²) in [6, 6.07) is 21.9. The lowest BCUT2D eigenvalue weighted by atomic mass is 10.1. The van der Waals surface area contributed by atoms with E-state index in [-0.39, 0.29) is 6.04 Å². The molecule has 29 heavy (non-hydrogen) atoms. The van der Waals surface area contributed by atoms with Crippen molar-refractivity contribution in [2.45, 2.75) is 33.0 Å². The Morgan fingerprint density at radius 3 is 2.41 bits per heavy atom. The Bertz CT molecular complexity index is 931. The van der Waals surface area contributed by atoms with Crippen LogP contribution in [0.15, 0.2) is 66.7 Å².